The Morgan fingerprint density at radius 2 is 1.80 bits per heavy atom. The van der Waals surface area contributed by atoms with E-state index < -0.39 is 0 Å². The van der Waals surface area contributed by atoms with E-state index in [1.165, 1.54) is 38.5 Å². The Labute approximate surface area is 149 Å². The molecule has 2 N–H and O–H groups in total. The number of aryl methyl sites for hydroxylation is 1. The van der Waals surface area contributed by atoms with Gasteiger partial charge in [-0.05, 0) is 75.5 Å². The summed E-state index contributed by atoms with van der Waals surface area (Å²) in [5.41, 5.74) is 0.827. The van der Waals surface area contributed by atoms with Gasteiger partial charge in [-0.2, -0.15) is 0 Å². The van der Waals surface area contributed by atoms with E-state index in [1.54, 1.807) is 0 Å². The summed E-state index contributed by atoms with van der Waals surface area (Å²) in [5, 5.41) is 11.0. The molecule has 0 aromatic carbocycles. The second-order valence-corrected chi connectivity index (χ2v) is 9.09. The second kappa shape index (κ2) is 6.11. The van der Waals surface area contributed by atoms with Crippen molar-refractivity contribution in [2.45, 2.75) is 76.4 Å². The first-order valence-electron chi connectivity index (χ1n) is 10.1. The lowest BCUT2D eigenvalue weighted by Crippen LogP contribution is -2.64. The number of carbonyl (C=O) groups is 1. The van der Waals surface area contributed by atoms with Crippen molar-refractivity contribution in [3.63, 3.8) is 0 Å². The molecule has 1 heterocycles. The minimum atomic E-state index is 0.0535. The highest BCUT2D eigenvalue weighted by Crippen LogP contribution is 2.54. The average Bonchev–Trinajstić information content (AvgIpc) is 2.95. The first kappa shape index (κ1) is 15.9. The van der Waals surface area contributed by atoms with Crippen LogP contribution in [0.1, 0.15) is 56.4 Å². The van der Waals surface area contributed by atoms with Crippen molar-refractivity contribution in [3.8, 4) is 0 Å². The third kappa shape index (κ3) is 3.01. The molecule has 1 aromatic rings. The van der Waals surface area contributed by atoms with Crippen LogP contribution in [0.25, 0.3) is 0 Å². The van der Waals surface area contributed by atoms with Crippen LogP contribution in [-0.4, -0.2) is 29.2 Å². The van der Waals surface area contributed by atoms with Gasteiger partial charge in [0.05, 0.1) is 12.1 Å². The van der Waals surface area contributed by atoms with Gasteiger partial charge in [-0.25, -0.2) is 0 Å². The van der Waals surface area contributed by atoms with E-state index in [9.17, 15) is 4.79 Å². The molecule has 4 bridgehead atoms. The van der Waals surface area contributed by atoms with Crippen molar-refractivity contribution in [1.29, 1.82) is 0 Å². The van der Waals surface area contributed by atoms with Crippen LogP contribution in [0.3, 0.4) is 0 Å². The third-order valence-corrected chi connectivity index (χ3v) is 7.27. The zero-order valence-electron chi connectivity index (χ0n) is 15.0. The third-order valence-electron chi connectivity index (χ3n) is 7.27. The summed E-state index contributed by atoms with van der Waals surface area (Å²) in [5.74, 6) is 4.53. The van der Waals surface area contributed by atoms with Crippen molar-refractivity contribution in [3.05, 3.63) is 17.5 Å². The molecule has 0 unspecified atom stereocenters. The summed E-state index contributed by atoms with van der Waals surface area (Å²) >= 11 is 0. The Morgan fingerprint density at radius 1 is 1.12 bits per heavy atom. The van der Waals surface area contributed by atoms with Gasteiger partial charge in [-0.15, -0.1) is 0 Å². The van der Waals surface area contributed by atoms with Gasteiger partial charge in [0.15, 0.2) is 0 Å². The lowest BCUT2D eigenvalue weighted by molar-refractivity contribution is -0.122. The maximum Gasteiger partial charge on any atom is 0.228 e. The Hall–Kier alpha value is -1.36. The number of amides is 1. The molecule has 136 valence electrons. The lowest BCUT2D eigenvalue weighted by atomic mass is 9.54. The molecule has 0 spiro atoms. The molecule has 0 radical (unpaired) electrons. The average molecular weight is 343 g/mol. The van der Waals surface area contributed by atoms with Gasteiger partial charge < -0.3 is 15.2 Å². The van der Waals surface area contributed by atoms with E-state index in [0.717, 1.165) is 35.8 Å². The van der Waals surface area contributed by atoms with Crippen LogP contribution in [0, 0.1) is 30.6 Å². The van der Waals surface area contributed by atoms with Crippen LogP contribution in [0.2, 0.25) is 0 Å². The van der Waals surface area contributed by atoms with Crippen LogP contribution in [-0.2, 0) is 11.2 Å². The standard InChI is InChI=1S/C20H29N3O2/c1-11-4-16(25-23-11)10-19(24)21-17-2-3-18(17)22-20-14-6-12-5-13(8-14)9-15(20)7-12/h4,12-15,17-18,20,22H,2-3,5-10H2,1H3,(H,21,24)/t12?,13?,14?,15?,17-,18+,20?/m0/s1. The maximum absolute atomic E-state index is 12.3. The molecular weight excluding hydrogens is 314 g/mol. The quantitative estimate of drug-likeness (QED) is 0.862. The van der Waals surface area contributed by atoms with Gasteiger partial charge in [-0.1, -0.05) is 5.16 Å². The SMILES string of the molecule is Cc1cc(CC(=O)N[C@H]2CC[C@H]2NC2C3CC4CC(C3)CC2C4)on1. The highest BCUT2D eigenvalue weighted by molar-refractivity contribution is 5.78. The van der Waals surface area contributed by atoms with Crippen molar-refractivity contribution >= 4 is 5.91 Å². The number of rotatable bonds is 5. The first-order chi connectivity index (χ1) is 12.1. The zero-order chi connectivity index (χ0) is 17.0. The van der Waals surface area contributed by atoms with Crippen molar-refractivity contribution < 1.29 is 9.32 Å². The van der Waals surface area contributed by atoms with Gasteiger partial charge in [0.2, 0.25) is 5.91 Å². The molecule has 1 aromatic heterocycles. The molecule has 5 saturated carbocycles. The molecule has 2 atom stereocenters. The Bertz CT molecular complexity index is 627. The summed E-state index contributed by atoms with van der Waals surface area (Å²) in [6.45, 7) is 1.88. The summed E-state index contributed by atoms with van der Waals surface area (Å²) in [6, 6.07) is 3.29. The second-order valence-electron chi connectivity index (χ2n) is 9.09. The van der Waals surface area contributed by atoms with E-state index in [0.29, 0.717) is 24.3 Å². The van der Waals surface area contributed by atoms with Gasteiger partial charge in [0, 0.05) is 24.2 Å². The fraction of sp³-hybridized carbons (Fsp3) is 0.800. The first-order valence-corrected chi connectivity index (χ1v) is 10.1. The highest BCUT2D eigenvalue weighted by atomic mass is 16.5. The van der Waals surface area contributed by atoms with E-state index in [2.05, 4.69) is 15.8 Å². The van der Waals surface area contributed by atoms with Gasteiger partial charge in [-0.3, -0.25) is 4.79 Å². The Kier molecular flexibility index (Phi) is 3.88. The van der Waals surface area contributed by atoms with Crippen LogP contribution < -0.4 is 10.6 Å². The molecule has 5 fully saturated rings. The minimum absolute atomic E-state index is 0.0535. The Balaban J connectivity index is 1.15. The predicted octanol–water partition coefficient (Wildman–Crippen LogP) is 2.59. The molecule has 0 saturated heterocycles. The van der Waals surface area contributed by atoms with Crippen LogP contribution >= 0.6 is 0 Å². The van der Waals surface area contributed by atoms with Crippen LogP contribution in [0.4, 0.5) is 0 Å². The minimum Gasteiger partial charge on any atom is -0.361 e. The molecule has 25 heavy (non-hydrogen) atoms. The van der Waals surface area contributed by atoms with Crippen molar-refractivity contribution in [2.75, 3.05) is 0 Å². The van der Waals surface area contributed by atoms with Crippen LogP contribution in [0.5, 0.6) is 0 Å². The zero-order valence-corrected chi connectivity index (χ0v) is 15.0. The molecule has 0 aliphatic heterocycles. The summed E-state index contributed by atoms with van der Waals surface area (Å²) in [7, 11) is 0. The van der Waals surface area contributed by atoms with E-state index >= 15 is 0 Å². The van der Waals surface area contributed by atoms with Crippen LogP contribution in [0.15, 0.2) is 10.6 Å². The van der Waals surface area contributed by atoms with Crippen molar-refractivity contribution in [2.24, 2.45) is 23.7 Å². The number of nitrogens with one attached hydrogen (secondary N) is 2. The Morgan fingerprint density at radius 3 is 2.36 bits per heavy atom. The molecule has 5 aliphatic carbocycles. The maximum atomic E-state index is 12.3. The smallest absolute Gasteiger partial charge is 0.228 e. The number of hydrogen-bond donors (Lipinski definition) is 2. The molecular formula is C20H29N3O2. The molecule has 1 amide bonds. The predicted molar refractivity (Wildman–Crippen MR) is 93.9 cm³/mol. The molecule has 5 nitrogen and oxygen atoms in total. The molecule has 6 rings (SSSR count). The largest absolute Gasteiger partial charge is 0.361 e. The van der Waals surface area contributed by atoms with E-state index in [4.69, 9.17) is 4.52 Å². The normalized spacial score (nSPS) is 41.6. The topological polar surface area (TPSA) is 67.2 Å². The van der Waals surface area contributed by atoms with E-state index in [1.807, 2.05) is 13.0 Å². The fourth-order valence-electron chi connectivity index (χ4n) is 6.23. The molecule has 5 heteroatoms. The lowest BCUT2D eigenvalue weighted by Gasteiger charge is -2.56. The summed E-state index contributed by atoms with van der Waals surface area (Å²) < 4.78 is 5.15. The van der Waals surface area contributed by atoms with Crippen molar-refractivity contribution in [1.82, 2.24) is 15.8 Å². The number of carbonyl (C=O) groups excluding carboxylic acids is 1. The number of hydrogen-bond acceptors (Lipinski definition) is 4. The molecule has 5 aliphatic rings. The van der Waals surface area contributed by atoms with Gasteiger partial charge >= 0.3 is 0 Å². The number of nitrogens with zero attached hydrogens (tertiary/aromatic N) is 1. The monoisotopic (exact) mass is 343 g/mol. The van der Waals surface area contributed by atoms with Gasteiger partial charge in [0.1, 0.15) is 5.76 Å². The fourth-order valence-corrected chi connectivity index (χ4v) is 6.23. The van der Waals surface area contributed by atoms with Gasteiger partial charge in [0.25, 0.3) is 0 Å². The highest BCUT2D eigenvalue weighted by Gasteiger charge is 2.49. The van der Waals surface area contributed by atoms with E-state index in [-0.39, 0.29) is 11.9 Å². The number of aromatic nitrogens is 1. The summed E-state index contributed by atoms with van der Waals surface area (Å²) in [4.78, 5) is 12.3. The summed E-state index contributed by atoms with van der Waals surface area (Å²) in [6.07, 6.45) is 9.85.